The number of carboxylic acids is 1. The minimum atomic E-state index is -0.626. The normalized spacial score (nSPS) is 30.7. The van der Waals surface area contributed by atoms with E-state index in [9.17, 15) is 9.90 Å². The summed E-state index contributed by atoms with van der Waals surface area (Å²) in [6.07, 6.45) is 3.52. The summed E-state index contributed by atoms with van der Waals surface area (Å²) < 4.78 is 0. The van der Waals surface area contributed by atoms with Crippen molar-refractivity contribution >= 4 is 17.3 Å². The molecule has 1 saturated carbocycles. The van der Waals surface area contributed by atoms with Gasteiger partial charge < -0.3 is 5.11 Å². The average molecular weight is 279 g/mol. The summed E-state index contributed by atoms with van der Waals surface area (Å²) in [5, 5.41) is 9.54. The van der Waals surface area contributed by atoms with Crippen LogP contribution in [0.3, 0.4) is 0 Å². The summed E-state index contributed by atoms with van der Waals surface area (Å²) in [5.41, 5.74) is 1.31. The number of aryl methyl sites for hydroxylation is 2. The molecule has 0 radical (unpaired) electrons. The number of hydrogen-bond acceptors (Lipinski definition) is 3. The van der Waals surface area contributed by atoms with E-state index in [-0.39, 0.29) is 6.04 Å². The van der Waals surface area contributed by atoms with Crippen LogP contribution in [0.2, 0.25) is 0 Å². The van der Waals surface area contributed by atoms with Crippen molar-refractivity contribution in [2.75, 3.05) is 6.54 Å². The summed E-state index contributed by atoms with van der Waals surface area (Å²) in [6.45, 7) is 6.03. The first-order chi connectivity index (χ1) is 9.06. The lowest BCUT2D eigenvalue weighted by Gasteiger charge is -2.24. The van der Waals surface area contributed by atoms with Gasteiger partial charge in [0.25, 0.3) is 0 Å². The monoisotopic (exact) mass is 279 g/mol. The van der Waals surface area contributed by atoms with Crippen LogP contribution < -0.4 is 0 Å². The molecule has 0 amide bonds. The molecule has 2 heterocycles. The van der Waals surface area contributed by atoms with E-state index in [0.717, 1.165) is 19.5 Å². The Morgan fingerprint density at radius 3 is 2.89 bits per heavy atom. The van der Waals surface area contributed by atoms with Crippen molar-refractivity contribution in [2.24, 2.45) is 11.8 Å². The number of likely N-dealkylation sites (tertiary alicyclic amines) is 1. The Balaban J connectivity index is 1.80. The zero-order valence-electron chi connectivity index (χ0n) is 11.6. The number of carboxylic acid groups (broad SMARTS) is 1. The van der Waals surface area contributed by atoms with Crippen LogP contribution in [0.25, 0.3) is 0 Å². The molecule has 19 heavy (non-hydrogen) atoms. The number of fused-ring (bicyclic) bond motifs is 1. The molecule has 3 unspecified atom stereocenters. The van der Waals surface area contributed by atoms with E-state index in [1.165, 1.54) is 28.2 Å². The highest BCUT2D eigenvalue weighted by Crippen LogP contribution is 2.43. The van der Waals surface area contributed by atoms with Crippen molar-refractivity contribution in [3.8, 4) is 0 Å². The maximum Gasteiger partial charge on any atom is 0.321 e. The lowest BCUT2D eigenvalue weighted by atomic mass is 9.94. The molecule has 2 aliphatic rings. The lowest BCUT2D eigenvalue weighted by Crippen LogP contribution is -2.39. The first kappa shape index (κ1) is 13.1. The topological polar surface area (TPSA) is 40.5 Å². The van der Waals surface area contributed by atoms with Gasteiger partial charge in [-0.1, -0.05) is 6.42 Å². The summed E-state index contributed by atoms with van der Waals surface area (Å²) >= 11 is 1.81. The predicted octanol–water partition coefficient (Wildman–Crippen LogP) is 3.05. The van der Waals surface area contributed by atoms with E-state index in [4.69, 9.17) is 0 Å². The molecule has 4 heteroatoms. The Labute approximate surface area is 118 Å². The van der Waals surface area contributed by atoms with Crippen LogP contribution >= 0.6 is 11.3 Å². The molecule has 104 valence electrons. The highest BCUT2D eigenvalue weighted by atomic mass is 32.1. The Hall–Kier alpha value is -0.870. The van der Waals surface area contributed by atoms with Gasteiger partial charge in [0.2, 0.25) is 0 Å². The predicted molar refractivity (Wildman–Crippen MR) is 76.5 cm³/mol. The molecule has 1 aromatic heterocycles. The molecule has 0 bridgehead atoms. The second-order valence-electron chi connectivity index (χ2n) is 6.01. The zero-order chi connectivity index (χ0) is 13.6. The molecule has 1 aliphatic heterocycles. The molecule has 3 rings (SSSR count). The van der Waals surface area contributed by atoms with E-state index in [1.54, 1.807) is 0 Å². The summed E-state index contributed by atoms with van der Waals surface area (Å²) in [7, 11) is 0. The van der Waals surface area contributed by atoms with E-state index in [0.29, 0.717) is 11.8 Å². The average Bonchev–Trinajstić information content (AvgIpc) is 2.93. The minimum absolute atomic E-state index is 0.257. The van der Waals surface area contributed by atoms with Crippen LogP contribution in [0, 0.1) is 25.7 Å². The van der Waals surface area contributed by atoms with Gasteiger partial charge in [0.05, 0.1) is 0 Å². The van der Waals surface area contributed by atoms with Crippen molar-refractivity contribution in [1.82, 2.24) is 4.90 Å². The number of hydrogen-bond donors (Lipinski definition) is 1. The third-order valence-electron chi connectivity index (χ3n) is 4.76. The van der Waals surface area contributed by atoms with Crippen LogP contribution in [0.5, 0.6) is 0 Å². The van der Waals surface area contributed by atoms with Gasteiger partial charge in [-0.15, -0.1) is 11.3 Å². The Bertz CT molecular complexity index is 496. The van der Waals surface area contributed by atoms with Gasteiger partial charge in [-0.25, -0.2) is 0 Å². The molecule has 2 fully saturated rings. The van der Waals surface area contributed by atoms with Gasteiger partial charge >= 0.3 is 5.97 Å². The van der Waals surface area contributed by atoms with Crippen molar-refractivity contribution in [2.45, 2.75) is 45.7 Å². The molecular formula is C15H21NO2S. The molecule has 3 nitrogen and oxygen atoms in total. The zero-order valence-corrected chi connectivity index (χ0v) is 12.4. The maximum absolute atomic E-state index is 11.6. The van der Waals surface area contributed by atoms with Gasteiger partial charge in [0.1, 0.15) is 6.04 Å². The molecule has 1 N–H and O–H groups in total. The van der Waals surface area contributed by atoms with Crippen molar-refractivity contribution in [1.29, 1.82) is 0 Å². The third-order valence-corrected chi connectivity index (χ3v) is 5.76. The SMILES string of the molecule is Cc1cc(CN2CC3CCCC3C2C(=O)O)c(C)s1. The molecule has 0 aromatic carbocycles. The standard InChI is InChI=1S/C15H21NO2S/c1-9-6-12(10(2)19-9)8-16-7-11-4-3-5-13(11)14(16)15(17)18/h6,11,13-14H,3-5,7-8H2,1-2H3,(H,17,18). The molecule has 3 atom stereocenters. The van der Waals surface area contributed by atoms with Gasteiger partial charge in [0.15, 0.2) is 0 Å². The van der Waals surface area contributed by atoms with Crippen LogP contribution in [-0.2, 0) is 11.3 Å². The fourth-order valence-electron chi connectivity index (χ4n) is 3.95. The largest absolute Gasteiger partial charge is 0.480 e. The Morgan fingerprint density at radius 1 is 1.47 bits per heavy atom. The number of nitrogens with zero attached hydrogens (tertiary/aromatic N) is 1. The van der Waals surface area contributed by atoms with Crippen LogP contribution in [0.1, 0.15) is 34.6 Å². The van der Waals surface area contributed by atoms with Crippen molar-refractivity contribution in [3.63, 3.8) is 0 Å². The third kappa shape index (κ3) is 2.32. The van der Waals surface area contributed by atoms with E-state index in [1.807, 2.05) is 11.3 Å². The molecule has 1 saturated heterocycles. The van der Waals surface area contributed by atoms with Crippen LogP contribution in [0.4, 0.5) is 0 Å². The quantitative estimate of drug-likeness (QED) is 0.924. The maximum atomic E-state index is 11.6. The van der Waals surface area contributed by atoms with E-state index >= 15 is 0 Å². The first-order valence-electron chi connectivity index (χ1n) is 7.09. The number of thiophene rings is 1. The Kier molecular flexibility index (Phi) is 3.39. The highest BCUT2D eigenvalue weighted by molar-refractivity contribution is 7.12. The van der Waals surface area contributed by atoms with E-state index in [2.05, 4.69) is 24.8 Å². The smallest absolute Gasteiger partial charge is 0.321 e. The summed E-state index contributed by atoms with van der Waals surface area (Å²) in [4.78, 5) is 16.4. The number of rotatable bonds is 3. The molecule has 1 aromatic rings. The second-order valence-corrected chi connectivity index (χ2v) is 7.47. The molecule has 0 spiro atoms. The van der Waals surface area contributed by atoms with Crippen LogP contribution in [-0.4, -0.2) is 28.6 Å². The van der Waals surface area contributed by atoms with Gasteiger partial charge in [-0.3, -0.25) is 9.69 Å². The van der Waals surface area contributed by atoms with E-state index < -0.39 is 5.97 Å². The van der Waals surface area contributed by atoms with Gasteiger partial charge in [-0.2, -0.15) is 0 Å². The first-order valence-corrected chi connectivity index (χ1v) is 7.90. The summed E-state index contributed by atoms with van der Waals surface area (Å²) in [5.74, 6) is 0.373. The lowest BCUT2D eigenvalue weighted by molar-refractivity contribution is -0.143. The molecule has 1 aliphatic carbocycles. The fourth-order valence-corrected chi connectivity index (χ4v) is 4.89. The highest BCUT2D eigenvalue weighted by Gasteiger charge is 2.47. The number of carbonyl (C=O) groups is 1. The Morgan fingerprint density at radius 2 is 2.26 bits per heavy atom. The molecular weight excluding hydrogens is 258 g/mol. The van der Waals surface area contributed by atoms with Gasteiger partial charge in [0, 0.05) is 22.8 Å². The minimum Gasteiger partial charge on any atom is -0.480 e. The van der Waals surface area contributed by atoms with Crippen LogP contribution in [0.15, 0.2) is 6.07 Å². The fraction of sp³-hybridized carbons (Fsp3) is 0.667. The van der Waals surface area contributed by atoms with Crippen molar-refractivity contribution in [3.05, 3.63) is 21.4 Å². The number of aliphatic carboxylic acids is 1. The van der Waals surface area contributed by atoms with Crippen molar-refractivity contribution < 1.29 is 9.90 Å². The summed E-state index contributed by atoms with van der Waals surface area (Å²) in [6, 6.07) is 1.96. The second kappa shape index (κ2) is 4.91. The van der Waals surface area contributed by atoms with Gasteiger partial charge in [-0.05, 0) is 50.2 Å².